The van der Waals surface area contributed by atoms with Crippen molar-refractivity contribution < 1.29 is 64.6 Å². The highest BCUT2D eigenvalue weighted by atomic mass is 16.7. The number of unbranched alkanes of at least 4 members (excludes halogenated alkanes) is 18. The van der Waals surface area contributed by atoms with E-state index in [2.05, 4.69) is 67.8 Å². The number of nitrogens with one attached hydrogen (secondary N) is 1. The Morgan fingerprint density at radius 2 is 1.00 bits per heavy atom. The molecule has 0 spiro atoms. The third-order valence-corrected chi connectivity index (χ3v) is 12.4. The van der Waals surface area contributed by atoms with Crippen LogP contribution in [0.5, 0.6) is 0 Å². The van der Waals surface area contributed by atoms with Crippen LogP contribution in [0.25, 0.3) is 0 Å². The van der Waals surface area contributed by atoms with Gasteiger partial charge < -0.3 is 65.1 Å². The molecule has 0 saturated carbocycles. The Labute approximate surface area is 403 Å². The molecule has 2 aliphatic rings. The van der Waals surface area contributed by atoms with E-state index in [1.54, 1.807) is 6.08 Å². The number of carbonyl (C=O) groups excluding carboxylic acids is 1. The van der Waals surface area contributed by atoms with E-state index in [-0.39, 0.29) is 18.9 Å². The summed E-state index contributed by atoms with van der Waals surface area (Å²) in [5.74, 6) is -0.265. The minimum absolute atomic E-state index is 0.259. The van der Waals surface area contributed by atoms with Crippen LogP contribution < -0.4 is 5.32 Å². The molecule has 67 heavy (non-hydrogen) atoms. The Morgan fingerprint density at radius 3 is 1.58 bits per heavy atom. The largest absolute Gasteiger partial charge is 0.394 e. The van der Waals surface area contributed by atoms with Gasteiger partial charge in [0.2, 0.25) is 5.91 Å². The molecule has 0 aliphatic carbocycles. The first-order valence-electron chi connectivity index (χ1n) is 26.0. The van der Waals surface area contributed by atoms with Gasteiger partial charge in [-0.05, 0) is 77.0 Å². The van der Waals surface area contributed by atoms with Crippen molar-refractivity contribution in [3.63, 3.8) is 0 Å². The van der Waals surface area contributed by atoms with Crippen molar-refractivity contribution in [2.24, 2.45) is 0 Å². The molecule has 0 radical (unpaired) electrons. The van der Waals surface area contributed by atoms with Crippen molar-refractivity contribution in [1.29, 1.82) is 0 Å². The van der Waals surface area contributed by atoms with Gasteiger partial charge in [0, 0.05) is 6.42 Å². The van der Waals surface area contributed by atoms with E-state index >= 15 is 0 Å². The predicted octanol–water partition coefficient (Wildman–Crippen LogP) is 7.05. The van der Waals surface area contributed by atoms with E-state index in [1.807, 2.05) is 6.08 Å². The summed E-state index contributed by atoms with van der Waals surface area (Å²) in [4.78, 5) is 13.2. The van der Waals surface area contributed by atoms with Gasteiger partial charge in [-0.3, -0.25) is 4.79 Å². The maximum Gasteiger partial charge on any atom is 0.220 e. The summed E-state index contributed by atoms with van der Waals surface area (Å²) in [5, 5.41) is 86.7. The number of hydrogen-bond acceptors (Lipinski definition) is 13. The third-order valence-electron chi connectivity index (χ3n) is 12.4. The molecule has 2 fully saturated rings. The monoisotopic (exact) mass is 952 g/mol. The molecule has 12 atom stereocenters. The van der Waals surface area contributed by atoms with Crippen LogP contribution in [0.2, 0.25) is 0 Å². The smallest absolute Gasteiger partial charge is 0.220 e. The lowest BCUT2D eigenvalue weighted by molar-refractivity contribution is -0.359. The first kappa shape index (κ1) is 60.8. The van der Waals surface area contributed by atoms with Gasteiger partial charge in [-0.2, -0.15) is 0 Å². The maximum absolute atomic E-state index is 13.2. The summed E-state index contributed by atoms with van der Waals surface area (Å²) >= 11 is 0. The summed E-state index contributed by atoms with van der Waals surface area (Å²) in [6.07, 6.45) is 31.1. The van der Waals surface area contributed by atoms with E-state index in [0.717, 1.165) is 64.2 Å². The maximum atomic E-state index is 13.2. The first-order valence-corrected chi connectivity index (χ1v) is 26.0. The molecule has 0 bridgehead atoms. The number of aliphatic hydroxyl groups is 8. The van der Waals surface area contributed by atoms with Crippen molar-refractivity contribution in [2.75, 3.05) is 19.8 Å². The van der Waals surface area contributed by atoms with Gasteiger partial charge in [-0.15, -0.1) is 0 Å². The van der Waals surface area contributed by atoms with E-state index in [1.165, 1.54) is 77.0 Å². The highest BCUT2D eigenvalue weighted by Crippen LogP contribution is 2.30. The molecule has 9 N–H and O–H groups in total. The van der Waals surface area contributed by atoms with E-state index < -0.39 is 86.8 Å². The summed E-state index contributed by atoms with van der Waals surface area (Å²) < 4.78 is 22.7. The second kappa shape index (κ2) is 39.4. The minimum Gasteiger partial charge on any atom is -0.394 e. The Hall–Kier alpha value is -2.31. The van der Waals surface area contributed by atoms with Crippen LogP contribution in [0.4, 0.5) is 0 Å². The van der Waals surface area contributed by atoms with Gasteiger partial charge in [-0.1, -0.05) is 152 Å². The summed E-state index contributed by atoms with van der Waals surface area (Å²) in [7, 11) is 0. The second-order valence-corrected chi connectivity index (χ2v) is 18.3. The summed E-state index contributed by atoms with van der Waals surface area (Å²) in [6, 6.07) is -0.943. The Kier molecular flexibility index (Phi) is 35.8. The summed E-state index contributed by atoms with van der Waals surface area (Å²) in [6.45, 7) is 2.70. The molecule has 2 rings (SSSR count). The SMILES string of the molecule is CCCCC/C=C\C/C=C\CCCCCCCCCC(=O)NC(COC1OC(CO)C(OC2OC(CO)C(O)C(O)C2O)C(O)C1O)C(O)/C=C/CC/C=C/CC/C=C/CCCCCCCC. The van der Waals surface area contributed by atoms with Crippen molar-refractivity contribution in [3.05, 3.63) is 60.8 Å². The van der Waals surface area contributed by atoms with Crippen LogP contribution >= 0.6 is 0 Å². The van der Waals surface area contributed by atoms with Crippen molar-refractivity contribution in [1.82, 2.24) is 5.32 Å². The van der Waals surface area contributed by atoms with Crippen LogP contribution in [0.1, 0.15) is 174 Å². The second-order valence-electron chi connectivity index (χ2n) is 18.3. The number of hydrogen-bond donors (Lipinski definition) is 9. The molecule has 1 amide bonds. The lowest BCUT2D eigenvalue weighted by atomic mass is 9.97. The average Bonchev–Trinajstić information content (AvgIpc) is 3.32. The first-order chi connectivity index (χ1) is 32.6. The number of amides is 1. The fraction of sp³-hybridized carbons (Fsp3) is 0.792. The third kappa shape index (κ3) is 26.5. The number of carbonyl (C=O) groups is 1. The molecule has 0 aromatic rings. The van der Waals surface area contributed by atoms with E-state index in [4.69, 9.17) is 18.9 Å². The lowest BCUT2D eigenvalue weighted by Gasteiger charge is -2.46. The highest BCUT2D eigenvalue weighted by Gasteiger charge is 2.51. The zero-order valence-corrected chi connectivity index (χ0v) is 41.1. The van der Waals surface area contributed by atoms with Crippen molar-refractivity contribution >= 4 is 5.91 Å². The van der Waals surface area contributed by atoms with E-state index in [9.17, 15) is 45.6 Å². The molecule has 12 unspecified atom stereocenters. The normalized spacial score (nSPS) is 27.1. The van der Waals surface area contributed by atoms with Gasteiger partial charge in [0.1, 0.15) is 48.8 Å². The number of allylic oxidation sites excluding steroid dienone is 9. The number of ether oxygens (including phenoxy) is 4. The van der Waals surface area contributed by atoms with Crippen molar-refractivity contribution in [2.45, 2.75) is 248 Å². The standard InChI is InChI=1S/C53H93NO13/c1-3-5-7-9-11-13-15-17-19-21-23-25-27-29-31-33-35-37-45(58)54-41(42(57)36-34-32-30-28-26-24-22-20-18-16-14-12-10-8-6-4-2)40-64-52-50(63)48(61)51(44(39-56)66-52)67-53-49(62)47(60)46(59)43(38-55)65-53/h11,13,17-20,26,28,34,36,41-44,46-53,55-57,59-63H,3-10,12,14-16,21-25,27,29-33,35,37-40H2,1-2H3,(H,54,58)/b13-11-,19-17-,20-18+,28-26+,36-34+. The molecular formula is C53H93NO13. The average molecular weight is 952 g/mol. The Bertz CT molecular complexity index is 1360. The topological polar surface area (TPSA) is 228 Å². The van der Waals surface area contributed by atoms with Crippen molar-refractivity contribution in [3.8, 4) is 0 Å². The Morgan fingerprint density at radius 1 is 0.537 bits per heavy atom. The molecule has 14 heteroatoms. The molecule has 0 aromatic carbocycles. The van der Waals surface area contributed by atoms with Crippen LogP contribution in [-0.2, 0) is 23.7 Å². The molecule has 14 nitrogen and oxygen atoms in total. The van der Waals surface area contributed by atoms with E-state index in [0.29, 0.717) is 12.8 Å². The molecule has 2 saturated heterocycles. The van der Waals surface area contributed by atoms with Crippen LogP contribution in [0.15, 0.2) is 60.8 Å². The fourth-order valence-corrected chi connectivity index (χ4v) is 8.12. The molecule has 0 aromatic heterocycles. The van der Waals surface area contributed by atoms with Gasteiger partial charge >= 0.3 is 0 Å². The number of rotatable bonds is 39. The molecule has 2 heterocycles. The number of aliphatic hydroxyl groups excluding tert-OH is 8. The molecular weight excluding hydrogens is 859 g/mol. The minimum atomic E-state index is -1.79. The zero-order valence-electron chi connectivity index (χ0n) is 41.1. The molecule has 2 aliphatic heterocycles. The van der Waals surface area contributed by atoms with Gasteiger partial charge in [-0.25, -0.2) is 0 Å². The van der Waals surface area contributed by atoms with Gasteiger partial charge in [0.15, 0.2) is 12.6 Å². The predicted molar refractivity (Wildman–Crippen MR) is 263 cm³/mol. The summed E-state index contributed by atoms with van der Waals surface area (Å²) in [5.41, 5.74) is 0. The van der Waals surface area contributed by atoms with Crippen LogP contribution in [-0.4, -0.2) is 140 Å². The van der Waals surface area contributed by atoms with Crippen LogP contribution in [0.3, 0.4) is 0 Å². The highest BCUT2D eigenvalue weighted by molar-refractivity contribution is 5.76. The fourth-order valence-electron chi connectivity index (χ4n) is 8.12. The van der Waals surface area contributed by atoms with Gasteiger partial charge in [0.05, 0.1) is 32.0 Å². The molecule has 388 valence electrons. The quantitative estimate of drug-likeness (QED) is 0.0223. The Balaban J connectivity index is 1.87. The lowest BCUT2D eigenvalue weighted by Crippen LogP contribution is -2.65. The zero-order chi connectivity index (χ0) is 48.9. The van der Waals surface area contributed by atoms with Gasteiger partial charge in [0.25, 0.3) is 0 Å². The van der Waals surface area contributed by atoms with Crippen LogP contribution in [0, 0.1) is 0 Å².